The largest absolute Gasteiger partial charge is 0.332 e. The van der Waals surface area contributed by atoms with Crippen LogP contribution in [-0.2, 0) is 25.3 Å². The highest BCUT2D eigenvalue weighted by Crippen LogP contribution is 2.28. The highest BCUT2D eigenvalue weighted by Gasteiger charge is 2.18. The zero-order valence-electron chi connectivity index (χ0n) is 15.7. The monoisotopic (exact) mass is 402 g/mol. The van der Waals surface area contributed by atoms with E-state index in [2.05, 4.69) is 10.3 Å². The molecule has 7 nitrogen and oxygen atoms in total. The summed E-state index contributed by atoms with van der Waals surface area (Å²) in [5, 5.41) is 2.94. The van der Waals surface area contributed by atoms with Gasteiger partial charge in [0.2, 0.25) is 5.91 Å². The van der Waals surface area contributed by atoms with E-state index in [9.17, 15) is 18.8 Å². The van der Waals surface area contributed by atoms with E-state index >= 15 is 0 Å². The van der Waals surface area contributed by atoms with E-state index in [1.165, 1.54) is 41.6 Å². The lowest BCUT2D eigenvalue weighted by molar-refractivity contribution is -0.113. The van der Waals surface area contributed by atoms with Gasteiger partial charge in [0.25, 0.3) is 5.56 Å². The number of hydrogen-bond donors (Lipinski definition) is 1. The first-order valence-corrected chi connectivity index (χ1v) is 9.57. The average molecular weight is 402 g/mol. The van der Waals surface area contributed by atoms with Crippen LogP contribution in [0.15, 0.2) is 44.9 Å². The molecule has 0 radical (unpaired) electrons. The number of aromatic nitrogens is 3. The molecule has 3 rings (SSSR count). The Morgan fingerprint density at radius 2 is 2.00 bits per heavy atom. The Labute approximate surface area is 164 Å². The first-order valence-electron chi connectivity index (χ1n) is 8.59. The quantitative estimate of drug-likeness (QED) is 0.661. The number of anilines is 1. The lowest BCUT2D eigenvalue weighted by Crippen LogP contribution is -2.37. The zero-order chi connectivity index (χ0) is 20.4. The Morgan fingerprint density at radius 1 is 1.25 bits per heavy atom. The van der Waals surface area contributed by atoms with E-state index in [4.69, 9.17) is 0 Å². The third-order valence-electron chi connectivity index (χ3n) is 4.33. The Balaban J connectivity index is 1.97. The molecule has 0 aliphatic carbocycles. The number of amides is 1. The van der Waals surface area contributed by atoms with Gasteiger partial charge in [-0.15, -0.1) is 11.8 Å². The van der Waals surface area contributed by atoms with Gasteiger partial charge in [0, 0.05) is 30.9 Å². The van der Waals surface area contributed by atoms with Crippen LogP contribution >= 0.6 is 11.8 Å². The van der Waals surface area contributed by atoms with Crippen LogP contribution in [0.5, 0.6) is 0 Å². The van der Waals surface area contributed by atoms with Crippen molar-refractivity contribution < 1.29 is 9.18 Å². The molecule has 28 heavy (non-hydrogen) atoms. The van der Waals surface area contributed by atoms with E-state index in [1.807, 2.05) is 6.92 Å². The van der Waals surface area contributed by atoms with Crippen LogP contribution in [-0.4, -0.2) is 25.8 Å². The summed E-state index contributed by atoms with van der Waals surface area (Å²) in [6, 6.07) is 5.62. The zero-order valence-corrected chi connectivity index (χ0v) is 16.5. The second-order valence-electron chi connectivity index (χ2n) is 6.22. The van der Waals surface area contributed by atoms with E-state index in [-0.39, 0.29) is 17.3 Å². The molecule has 1 N–H and O–H groups in total. The number of pyridine rings is 1. The second kappa shape index (κ2) is 7.97. The first-order chi connectivity index (χ1) is 13.3. The summed E-state index contributed by atoms with van der Waals surface area (Å²) < 4.78 is 15.6. The minimum absolute atomic E-state index is 0.0224. The number of nitrogens with one attached hydrogen (secondary N) is 1. The minimum Gasteiger partial charge on any atom is -0.325 e. The molecule has 0 aliphatic heterocycles. The molecule has 0 saturated heterocycles. The third-order valence-corrected chi connectivity index (χ3v) is 5.49. The Bertz CT molecular complexity index is 1190. The first kappa shape index (κ1) is 19.8. The van der Waals surface area contributed by atoms with Crippen molar-refractivity contribution in [3.63, 3.8) is 0 Å². The van der Waals surface area contributed by atoms with Crippen LogP contribution in [0.1, 0.15) is 12.5 Å². The number of nitrogens with zero attached hydrogens (tertiary/aromatic N) is 3. The van der Waals surface area contributed by atoms with E-state index in [0.29, 0.717) is 22.4 Å². The molecule has 0 saturated carbocycles. The molecule has 0 aliphatic rings. The van der Waals surface area contributed by atoms with Crippen molar-refractivity contribution in [2.75, 3.05) is 11.1 Å². The van der Waals surface area contributed by atoms with Crippen molar-refractivity contribution in [2.45, 2.75) is 18.2 Å². The fourth-order valence-corrected chi connectivity index (χ4v) is 3.91. The van der Waals surface area contributed by atoms with Crippen LogP contribution in [0.4, 0.5) is 10.1 Å². The molecule has 0 atom stereocenters. The molecular formula is C19H19FN4O3S. The van der Waals surface area contributed by atoms with Crippen LogP contribution in [0.3, 0.4) is 0 Å². The smallest absolute Gasteiger partial charge is 0.325 e. The van der Waals surface area contributed by atoms with E-state index in [1.54, 1.807) is 19.3 Å². The standard InChI is InChI=1S/C19H19FN4O3S/c1-4-11-9-21-17-15(18(26)24(3)19(27)23(17)2)16(11)28-10-14(25)22-13-7-5-6-12(20)8-13/h5-9H,4,10H2,1-3H3,(H,22,25). The number of thioether (sulfide) groups is 1. The summed E-state index contributed by atoms with van der Waals surface area (Å²) >= 11 is 1.20. The average Bonchev–Trinajstić information content (AvgIpc) is 2.68. The van der Waals surface area contributed by atoms with Gasteiger partial charge < -0.3 is 5.32 Å². The van der Waals surface area contributed by atoms with Crippen molar-refractivity contribution in [2.24, 2.45) is 14.1 Å². The predicted molar refractivity (Wildman–Crippen MR) is 107 cm³/mol. The lowest BCUT2D eigenvalue weighted by atomic mass is 10.2. The summed E-state index contributed by atoms with van der Waals surface area (Å²) in [6.07, 6.45) is 2.23. The van der Waals surface area contributed by atoms with Gasteiger partial charge in [-0.05, 0) is 30.2 Å². The molecule has 9 heteroatoms. The maximum Gasteiger partial charge on any atom is 0.332 e. The molecule has 0 unspecified atom stereocenters. The fraction of sp³-hybridized carbons (Fsp3) is 0.263. The van der Waals surface area contributed by atoms with Gasteiger partial charge in [-0.25, -0.2) is 14.2 Å². The van der Waals surface area contributed by atoms with Gasteiger partial charge in [-0.2, -0.15) is 0 Å². The maximum atomic E-state index is 13.3. The summed E-state index contributed by atoms with van der Waals surface area (Å²) in [6.45, 7) is 1.92. The number of carbonyl (C=O) groups is 1. The van der Waals surface area contributed by atoms with Gasteiger partial charge in [0.05, 0.1) is 11.1 Å². The van der Waals surface area contributed by atoms with E-state index < -0.39 is 17.1 Å². The lowest BCUT2D eigenvalue weighted by Gasteiger charge is -2.13. The molecule has 1 aromatic carbocycles. The van der Waals surface area contributed by atoms with Gasteiger partial charge in [0.1, 0.15) is 11.5 Å². The molecular weight excluding hydrogens is 383 g/mol. The Hall–Kier alpha value is -2.94. The molecule has 0 fully saturated rings. The number of rotatable bonds is 5. The number of aryl methyl sites for hydroxylation is 2. The summed E-state index contributed by atoms with van der Waals surface area (Å²) in [7, 11) is 2.96. The topological polar surface area (TPSA) is 86.0 Å². The van der Waals surface area contributed by atoms with Crippen LogP contribution < -0.4 is 16.6 Å². The van der Waals surface area contributed by atoms with Crippen molar-refractivity contribution in [3.8, 4) is 0 Å². The van der Waals surface area contributed by atoms with Gasteiger partial charge in [-0.1, -0.05) is 13.0 Å². The molecule has 2 aromatic heterocycles. The molecule has 0 spiro atoms. The van der Waals surface area contributed by atoms with Crippen LogP contribution in [0.25, 0.3) is 11.0 Å². The SMILES string of the molecule is CCc1cnc2c(c1SCC(=O)Nc1cccc(F)c1)c(=O)n(C)c(=O)n2C. The number of carbonyl (C=O) groups excluding carboxylic acids is 1. The van der Waals surface area contributed by atoms with Crippen molar-refractivity contribution >= 4 is 34.4 Å². The predicted octanol–water partition coefficient (Wildman–Crippen LogP) is 2.06. The van der Waals surface area contributed by atoms with Gasteiger partial charge in [-0.3, -0.25) is 18.7 Å². The summed E-state index contributed by atoms with van der Waals surface area (Å²) in [5.74, 6) is -0.748. The highest BCUT2D eigenvalue weighted by atomic mass is 32.2. The number of fused-ring (bicyclic) bond motifs is 1. The number of halogens is 1. The Morgan fingerprint density at radius 3 is 2.68 bits per heavy atom. The van der Waals surface area contributed by atoms with Crippen molar-refractivity contribution in [3.05, 3.63) is 62.7 Å². The number of hydrogen-bond acceptors (Lipinski definition) is 5. The minimum atomic E-state index is -0.464. The van der Waals surface area contributed by atoms with Gasteiger partial charge in [0.15, 0.2) is 0 Å². The molecule has 2 heterocycles. The second-order valence-corrected chi connectivity index (χ2v) is 7.20. The fourth-order valence-electron chi connectivity index (χ4n) is 2.86. The van der Waals surface area contributed by atoms with Crippen LogP contribution in [0.2, 0.25) is 0 Å². The molecule has 0 bridgehead atoms. The molecule has 3 aromatic rings. The van der Waals surface area contributed by atoms with Crippen LogP contribution in [0, 0.1) is 5.82 Å². The number of benzene rings is 1. The van der Waals surface area contributed by atoms with Crippen molar-refractivity contribution in [1.29, 1.82) is 0 Å². The highest BCUT2D eigenvalue weighted by molar-refractivity contribution is 8.00. The Kier molecular flexibility index (Phi) is 5.64. The maximum absolute atomic E-state index is 13.3. The third kappa shape index (κ3) is 3.70. The summed E-state index contributed by atoms with van der Waals surface area (Å²) in [4.78, 5) is 42.1. The summed E-state index contributed by atoms with van der Waals surface area (Å²) in [5.41, 5.74) is 0.535. The molecule has 146 valence electrons. The molecule has 1 amide bonds. The van der Waals surface area contributed by atoms with Gasteiger partial charge >= 0.3 is 5.69 Å². The van der Waals surface area contributed by atoms with E-state index in [0.717, 1.165) is 10.1 Å². The van der Waals surface area contributed by atoms with Crippen molar-refractivity contribution in [1.82, 2.24) is 14.1 Å². The normalized spacial score (nSPS) is 11.0.